The molecular formula is C13H13NO. The Hall–Kier alpha value is -1.96. The van der Waals surface area contributed by atoms with Gasteiger partial charge in [-0.25, -0.2) is 5.48 Å². The average Bonchev–Trinajstić information content (AvgIpc) is 2.28. The van der Waals surface area contributed by atoms with Crippen molar-refractivity contribution in [2.75, 3.05) is 5.48 Å². The lowest BCUT2D eigenvalue weighted by Crippen LogP contribution is -2.04. The molecule has 0 aliphatic carbocycles. The molecule has 2 aromatic rings. The Balaban J connectivity index is 1.99. The molecule has 76 valence electrons. The van der Waals surface area contributed by atoms with Gasteiger partial charge in [0.25, 0.3) is 0 Å². The summed E-state index contributed by atoms with van der Waals surface area (Å²) in [6.07, 6.45) is 0. The zero-order valence-electron chi connectivity index (χ0n) is 8.60. The molecule has 0 bridgehead atoms. The van der Waals surface area contributed by atoms with Crippen LogP contribution in [0, 0.1) is 6.92 Å². The maximum Gasteiger partial charge on any atom is 0.155 e. The van der Waals surface area contributed by atoms with Crippen LogP contribution in [0.3, 0.4) is 0 Å². The second-order valence-corrected chi connectivity index (χ2v) is 3.39. The molecule has 0 unspecified atom stereocenters. The minimum absolute atomic E-state index is 0.805. The number of anilines is 1. The maximum absolute atomic E-state index is 5.40. The molecule has 0 spiro atoms. The second kappa shape index (κ2) is 4.51. The van der Waals surface area contributed by atoms with Gasteiger partial charge in [0, 0.05) is 0 Å². The fourth-order valence-electron chi connectivity index (χ4n) is 1.31. The first-order valence-corrected chi connectivity index (χ1v) is 4.89. The summed E-state index contributed by atoms with van der Waals surface area (Å²) in [5.41, 5.74) is 5.06. The summed E-state index contributed by atoms with van der Waals surface area (Å²) in [6.45, 7) is 2.05. The highest BCUT2D eigenvalue weighted by molar-refractivity contribution is 5.44. The highest BCUT2D eigenvalue weighted by atomic mass is 16.6. The number of aryl methyl sites for hydroxylation is 1. The Kier molecular flexibility index (Phi) is 2.88. The number of para-hydroxylation sites is 1. The van der Waals surface area contributed by atoms with Crippen LogP contribution in [0.25, 0.3) is 0 Å². The molecule has 0 atom stereocenters. The molecule has 2 nitrogen and oxygen atoms in total. The van der Waals surface area contributed by atoms with E-state index in [1.807, 2.05) is 61.5 Å². The van der Waals surface area contributed by atoms with Gasteiger partial charge in [-0.3, -0.25) is 0 Å². The number of hydrogen-bond acceptors (Lipinski definition) is 2. The standard InChI is InChI=1S/C13H13NO/c1-11-6-5-7-12(10-11)14-15-13-8-3-2-4-9-13/h2-10,14H,1H3. The molecule has 0 aliphatic rings. The molecule has 2 aromatic carbocycles. The lowest BCUT2D eigenvalue weighted by atomic mass is 10.2. The van der Waals surface area contributed by atoms with Crippen LogP contribution in [0.4, 0.5) is 5.69 Å². The zero-order valence-corrected chi connectivity index (χ0v) is 8.60. The lowest BCUT2D eigenvalue weighted by molar-refractivity contribution is 0.405. The van der Waals surface area contributed by atoms with Crippen molar-refractivity contribution in [3.8, 4) is 5.75 Å². The third-order valence-corrected chi connectivity index (χ3v) is 2.05. The quantitative estimate of drug-likeness (QED) is 0.765. The number of benzene rings is 2. The number of hydrogen-bond donors (Lipinski definition) is 1. The largest absolute Gasteiger partial charge is 0.382 e. The van der Waals surface area contributed by atoms with Gasteiger partial charge in [-0.15, -0.1) is 0 Å². The topological polar surface area (TPSA) is 21.3 Å². The van der Waals surface area contributed by atoms with Crippen molar-refractivity contribution in [3.05, 3.63) is 60.2 Å². The van der Waals surface area contributed by atoms with Crippen molar-refractivity contribution < 1.29 is 4.84 Å². The molecule has 15 heavy (non-hydrogen) atoms. The Morgan fingerprint density at radius 2 is 1.73 bits per heavy atom. The Morgan fingerprint density at radius 1 is 0.933 bits per heavy atom. The molecule has 2 heteroatoms. The van der Waals surface area contributed by atoms with E-state index in [0.717, 1.165) is 11.4 Å². The summed E-state index contributed by atoms with van der Waals surface area (Å²) >= 11 is 0. The summed E-state index contributed by atoms with van der Waals surface area (Å²) < 4.78 is 0. The second-order valence-electron chi connectivity index (χ2n) is 3.39. The highest BCUT2D eigenvalue weighted by Gasteiger charge is 1.93. The first kappa shape index (κ1) is 9.59. The highest BCUT2D eigenvalue weighted by Crippen LogP contribution is 2.13. The average molecular weight is 199 g/mol. The van der Waals surface area contributed by atoms with Gasteiger partial charge in [-0.2, -0.15) is 0 Å². The van der Waals surface area contributed by atoms with Crippen molar-refractivity contribution >= 4 is 5.69 Å². The normalized spacial score (nSPS) is 9.67. The summed E-state index contributed by atoms with van der Waals surface area (Å²) in [5, 5.41) is 0. The minimum Gasteiger partial charge on any atom is -0.382 e. The van der Waals surface area contributed by atoms with E-state index in [1.54, 1.807) is 0 Å². The van der Waals surface area contributed by atoms with Gasteiger partial charge in [0.2, 0.25) is 0 Å². The smallest absolute Gasteiger partial charge is 0.155 e. The number of rotatable bonds is 3. The van der Waals surface area contributed by atoms with Crippen LogP contribution in [-0.4, -0.2) is 0 Å². The predicted octanol–water partition coefficient (Wildman–Crippen LogP) is 3.40. The predicted molar refractivity (Wildman–Crippen MR) is 61.9 cm³/mol. The van der Waals surface area contributed by atoms with Crippen LogP contribution < -0.4 is 10.3 Å². The van der Waals surface area contributed by atoms with Gasteiger partial charge in [0.05, 0.1) is 5.69 Å². The first-order chi connectivity index (χ1) is 7.34. The third kappa shape index (κ3) is 2.74. The van der Waals surface area contributed by atoms with Gasteiger partial charge in [-0.1, -0.05) is 30.3 Å². The molecule has 0 amide bonds. The van der Waals surface area contributed by atoms with Crippen molar-refractivity contribution in [1.29, 1.82) is 0 Å². The van der Waals surface area contributed by atoms with Gasteiger partial charge in [0.15, 0.2) is 5.75 Å². The summed E-state index contributed by atoms with van der Waals surface area (Å²) in [7, 11) is 0. The first-order valence-electron chi connectivity index (χ1n) is 4.89. The molecule has 0 saturated carbocycles. The SMILES string of the molecule is Cc1cccc(NOc2ccccc2)c1. The van der Waals surface area contributed by atoms with Crippen LogP contribution in [0.2, 0.25) is 0 Å². The molecule has 0 aliphatic heterocycles. The Labute approximate surface area is 89.5 Å². The monoisotopic (exact) mass is 199 g/mol. The van der Waals surface area contributed by atoms with Crippen LogP contribution >= 0.6 is 0 Å². The van der Waals surface area contributed by atoms with Gasteiger partial charge < -0.3 is 4.84 Å². The molecule has 1 N–H and O–H groups in total. The molecule has 0 aromatic heterocycles. The molecular weight excluding hydrogens is 186 g/mol. The van der Waals surface area contributed by atoms with Crippen molar-refractivity contribution in [2.45, 2.75) is 6.92 Å². The van der Waals surface area contributed by atoms with E-state index in [2.05, 4.69) is 5.48 Å². The summed E-state index contributed by atoms with van der Waals surface area (Å²) in [5.74, 6) is 0.805. The number of nitrogens with one attached hydrogen (secondary N) is 1. The Bertz CT molecular complexity index is 426. The molecule has 0 heterocycles. The van der Waals surface area contributed by atoms with E-state index in [0.29, 0.717) is 0 Å². The van der Waals surface area contributed by atoms with Gasteiger partial charge >= 0.3 is 0 Å². The van der Waals surface area contributed by atoms with Crippen LogP contribution in [0.1, 0.15) is 5.56 Å². The summed E-state index contributed by atoms with van der Waals surface area (Å²) in [6, 6.07) is 17.7. The Morgan fingerprint density at radius 3 is 2.47 bits per heavy atom. The van der Waals surface area contributed by atoms with Gasteiger partial charge in [-0.05, 0) is 36.8 Å². The van der Waals surface area contributed by atoms with Crippen LogP contribution in [0.5, 0.6) is 5.75 Å². The lowest BCUT2D eigenvalue weighted by Gasteiger charge is -2.08. The van der Waals surface area contributed by atoms with E-state index in [-0.39, 0.29) is 0 Å². The van der Waals surface area contributed by atoms with E-state index in [9.17, 15) is 0 Å². The van der Waals surface area contributed by atoms with E-state index >= 15 is 0 Å². The van der Waals surface area contributed by atoms with Crippen molar-refractivity contribution in [1.82, 2.24) is 0 Å². The maximum atomic E-state index is 5.40. The minimum atomic E-state index is 0.805. The molecule has 0 fully saturated rings. The zero-order chi connectivity index (χ0) is 10.5. The summed E-state index contributed by atoms with van der Waals surface area (Å²) in [4.78, 5) is 5.40. The van der Waals surface area contributed by atoms with E-state index < -0.39 is 0 Å². The van der Waals surface area contributed by atoms with Gasteiger partial charge in [0.1, 0.15) is 0 Å². The molecule has 0 radical (unpaired) electrons. The molecule has 0 saturated heterocycles. The van der Waals surface area contributed by atoms with E-state index in [4.69, 9.17) is 4.84 Å². The molecule has 2 rings (SSSR count). The van der Waals surface area contributed by atoms with Crippen molar-refractivity contribution in [2.24, 2.45) is 0 Å². The van der Waals surface area contributed by atoms with Crippen LogP contribution in [-0.2, 0) is 0 Å². The fraction of sp³-hybridized carbons (Fsp3) is 0.0769. The third-order valence-electron chi connectivity index (χ3n) is 2.05. The fourth-order valence-corrected chi connectivity index (χ4v) is 1.31. The van der Waals surface area contributed by atoms with E-state index in [1.165, 1.54) is 5.56 Å². The van der Waals surface area contributed by atoms with Crippen molar-refractivity contribution in [3.63, 3.8) is 0 Å². The van der Waals surface area contributed by atoms with Crippen LogP contribution in [0.15, 0.2) is 54.6 Å².